The lowest BCUT2D eigenvalue weighted by atomic mass is 10.0. The Kier molecular flexibility index (Phi) is 4.46. The van der Waals surface area contributed by atoms with E-state index in [0.717, 1.165) is 35.3 Å². The molecule has 1 aliphatic rings. The summed E-state index contributed by atoms with van der Waals surface area (Å²) in [6.07, 6.45) is 4.60. The lowest BCUT2D eigenvalue weighted by Gasteiger charge is -2.17. The van der Waals surface area contributed by atoms with Gasteiger partial charge in [-0.05, 0) is 43.0 Å². The van der Waals surface area contributed by atoms with E-state index in [1.54, 1.807) is 7.11 Å². The molecule has 1 fully saturated rings. The molecule has 1 aromatic heterocycles. The van der Waals surface area contributed by atoms with E-state index in [9.17, 15) is 5.11 Å². The van der Waals surface area contributed by atoms with Crippen molar-refractivity contribution in [2.45, 2.75) is 38.3 Å². The third-order valence-corrected chi connectivity index (χ3v) is 4.37. The average molecular weight is 289 g/mol. The monoisotopic (exact) mass is 289 g/mol. The number of aliphatic hydroxyl groups is 1. The Hall–Kier alpha value is -1.52. The average Bonchev–Trinajstić information content (AvgIpc) is 3.15. The number of hydrogen-bond acceptors (Lipinski definition) is 4. The van der Waals surface area contributed by atoms with Crippen molar-refractivity contribution in [2.75, 3.05) is 13.7 Å². The number of benzene rings is 1. The van der Waals surface area contributed by atoms with Crippen molar-refractivity contribution in [1.82, 2.24) is 5.32 Å². The maximum absolute atomic E-state index is 10.1. The maximum Gasteiger partial charge on any atom is 0.134 e. The molecule has 0 radical (unpaired) electrons. The van der Waals surface area contributed by atoms with Crippen LogP contribution in [-0.2, 0) is 6.54 Å². The fourth-order valence-electron chi connectivity index (χ4n) is 3.14. The second-order valence-electron chi connectivity index (χ2n) is 5.86. The third kappa shape index (κ3) is 3.39. The molecule has 0 saturated heterocycles. The fraction of sp³-hybridized carbons (Fsp3) is 0.529. The third-order valence-electron chi connectivity index (χ3n) is 4.37. The molecule has 1 aromatic carbocycles. The second kappa shape index (κ2) is 6.50. The molecule has 1 aliphatic carbocycles. The van der Waals surface area contributed by atoms with Crippen molar-refractivity contribution >= 4 is 11.0 Å². The van der Waals surface area contributed by atoms with Crippen molar-refractivity contribution in [1.29, 1.82) is 0 Å². The van der Waals surface area contributed by atoms with Gasteiger partial charge in [-0.3, -0.25) is 0 Å². The summed E-state index contributed by atoms with van der Waals surface area (Å²) in [5, 5.41) is 14.5. The molecule has 1 unspecified atom stereocenters. The zero-order chi connectivity index (χ0) is 14.7. The van der Waals surface area contributed by atoms with E-state index in [4.69, 9.17) is 9.15 Å². The van der Waals surface area contributed by atoms with Crippen molar-refractivity contribution in [3.05, 3.63) is 30.0 Å². The van der Waals surface area contributed by atoms with Crippen LogP contribution in [0.4, 0.5) is 0 Å². The number of hydrogen-bond donors (Lipinski definition) is 2. The Balaban J connectivity index is 1.55. The molecule has 4 heteroatoms. The molecule has 1 heterocycles. The van der Waals surface area contributed by atoms with Gasteiger partial charge in [-0.15, -0.1) is 0 Å². The van der Waals surface area contributed by atoms with Crippen molar-refractivity contribution in [3.8, 4) is 5.75 Å². The van der Waals surface area contributed by atoms with Gasteiger partial charge in [0.25, 0.3) is 0 Å². The van der Waals surface area contributed by atoms with Crippen LogP contribution in [0.15, 0.2) is 28.7 Å². The number of methoxy groups -OCH3 is 1. The topological polar surface area (TPSA) is 54.6 Å². The molecule has 4 nitrogen and oxygen atoms in total. The van der Waals surface area contributed by atoms with Crippen LogP contribution < -0.4 is 10.1 Å². The Morgan fingerprint density at radius 3 is 2.90 bits per heavy atom. The van der Waals surface area contributed by atoms with Crippen LogP contribution in [0, 0.1) is 5.92 Å². The van der Waals surface area contributed by atoms with Crippen molar-refractivity contribution in [2.24, 2.45) is 5.92 Å². The number of nitrogens with one attached hydrogen (secondary N) is 1. The van der Waals surface area contributed by atoms with Gasteiger partial charge >= 0.3 is 0 Å². The van der Waals surface area contributed by atoms with Crippen LogP contribution >= 0.6 is 0 Å². The van der Waals surface area contributed by atoms with Gasteiger partial charge in [0, 0.05) is 11.9 Å². The summed E-state index contributed by atoms with van der Waals surface area (Å²) in [7, 11) is 1.66. The summed E-state index contributed by atoms with van der Waals surface area (Å²) in [6.45, 7) is 1.27. The summed E-state index contributed by atoms with van der Waals surface area (Å²) in [6, 6.07) is 7.81. The number of furan rings is 1. The van der Waals surface area contributed by atoms with Crippen molar-refractivity contribution in [3.63, 3.8) is 0 Å². The quantitative estimate of drug-likeness (QED) is 0.858. The molecule has 0 amide bonds. The Bertz CT molecular complexity index is 587. The first kappa shape index (κ1) is 14.4. The van der Waals surface area contributed by atoms with E-state index in [1.165, 1.54) is 12.8 Å². The molecule has 2 N–H and O–H groups in total. The first-order valence-corrected chi connectivity index (χ1v) is 7.71. The standard InChI is InChI=1S/C17H23NO3/c1-20-14-6-7-17-13(8-14)9-15(21-17)10-18-11-16(19)12-4-2-3-5-12/h6-9,12,16,18-19H,2-5,10-11H2,1H3. The molecular formula is C17H23NO3. The minimum Gasteiger partial charge on any atom is -0.497 e. The largest absolute Gasteiger partial charge is 0.497 e. The zero-order valence-electron chi connectivity index (χ0n) is 12.5. The molecule has 114 valence electrons. The van der Waals surface area contributed by atoms with Crippen LogP contribution in [0.25, 0.3) is 11.0 Å². The zero-order valence-corrected chi connectivity index (χ0v) is 12.5. The van der Waals surface area contributed by atoms with Crippen LogP contribution in [0.2, 0.25) is 0 Å². The van der Waals surface area contributed by atoms with Gasteiger partial charge < -0.3 is 19.6 Å². The Morgan fingerprint density at radius 2 is 2.14 bits per heavy atom. The molecule has 1 atom stereocenters. The highest BCUT2D eigenvalue weighted by Crippen LogP contribution is 2.27. The van der Waals surface area contributed by atoms with Gasteiger partial charge in [-0.25, -0.2) is 0 Å². The molecule has 0 aliphatic heterocycles. The molecule has 3 rings (SSSR count). The van der Waals surface area contributed by atoms with Gasteiger partial charge in [0.05, 0.1) is 19.8 Å². The Labute approximate surface area is 125 Å². The SMILES string of the molecule is COc1ccc2oc(CNCC(O)C3CCCC3)cc2c1. The second-order valence-corrected chi connectivity index (χ2v) is 5.86. The summed E-state index contributed by atoms with van der Waals surface area (Å²) in [5.41, 5.74) is 0.865. The highest BCUT2D eigenvalue weighted by atomic mass is 16.5. The predicted molar refractivity (Wildman–Crippen MR) is 82.4 cm³/mol. The van der Waals surface area contributed by atoms with Crippen LogP contribution in [0.1, 0.15) is 31.4 Å². The Morgan fingerprint density at radius 1 is 1.33 bits per heavy atom. The van der Waals surface area contributed by atoms with E-state index in [2.05, 4.69) is 5.32 Å². The maximum atomic E-state index is 10.1. The van der Waals surface area contributed by atoms with E-state index in [1.807, 2.05) is 24.3 Å². The highest BCUT2D eigenvalue weighted by molar-refractivity contribution is 5.79. The van der Waals surface area contributed by atoms with Gasteiger partial charge in [-0.1, -0.05) is 12.8 Å². The number of fused-ring (bicyclic) bond motifs is 1. The van der Waals surface area contributed by atoms with E-state index >= 15 is 0 Å². The smallest absolute Gasteiger partial charge is 0.134 e. The number of ether oxygens (including phenoxy) is 1. The molecule has 0 spiro atoms. The summed E-state index contributed by atoms with van der Waals surface area (Å²) in [4.78, 5) is 0. The van der Waals surface area contributed by atoms with E-state index in [-0.39, 0.29) is 6.10 Å². The van der Waals surface area contributed by atoms with Gasteiger partial charge in [0.1, 0.15) is 17.1 Å². The van der Waals surface area contributed by atoms with Crippen LogP contribution in [-0.4, -0.2) is 24.9 Å². The molecule has 2 aromatic rings. The summed E-state index contributed by atoms with van der Waals surface area (Å²) >= 11 is 0. The predicted octanol–water partition coefficient (Wildman–Crippen LogP) is 3.08. The minimum atomic E-state index is -0.239. The highest BCUT2D eigenvalue weighted by Gasteiger charge is 2.22. The summed E-state index contributed by atoms with van der Waals surface area (Å²) < 4.78 is 11.0. The molecule has 0 bridgehead atoms. The van der Waals surface area contributed by atoms with E-state index in [0.29, 0.717) is 19.0 Å². The molecule has 21 heavy (non-hydrogen) atoms. The van der Waals surface area contributed by atoms with Crippen LogP contribution in [0.5, 0.6) is 5.75 Å². The van der Waals surface area contributed by atoms with Crippen LogP contribution in [0.3, 0.4) is 0 Å². The van der Waals surface area contributed by atoms with E-state index < -0.39 is 0 Å². The minimum absolute atomic E-state index is 0.239. The first-order chi connectivity index (χ1) is 10.3. The lowest BCUT2D eigenvalue weighted by molar-refractivity contribution is 0.108. The molecule has 1 saturated carbocycles. The fourth-order valence-corrected chi connectivity index (χ4v) is 3.14. The van der Waals surface area contributed by atoms with Gasteiger partial charge in [0.15, 0.2) is 0 Å². The number of aliphatic hydroxyl groups excluding tert-OH is 1. The summed E-state index contributed by atoms with van der Waals surface area (Å²) in [5.74, 6) is 2.19. The normalized spacial score (nSPS) is 17.4. The number of rotatable bonds is 6. The molecular weight excluding hydrogens is 266 g/mol. The van der Waals surface area contributed by atoms with Gasteiger partial charge in [-0.2, -0.15) is 0 Å². The van der Waals surface area contributed by atoms with Gasteiger partial charge in [0.2, 0.25) is 0 Å². The first-order valence-electron chi connectivity index (χ1n) is 7.71. The van der Waals surface area contributed by atoms with Crippen molar-refractivity contribution < 1.29 is 14.3 Å². The lowest BCUT2D eigenvalue weighted by Crippen LogP contribution is -2.31.